The Labute approximate surface area is 84.9 Å². The Morgan fingerprint density at radius 1 is 1.46 bits per heavy atom. The molecule has 0 fully saturated rings. The zero-order valence-corrected chi connectivity index (χ0v) is 8.88. The fourth-order valence-electron chi connectivity index (χ4n) is 1.65. The SMILES string of the molecule is CCC(c1cccc(Cl)c1)C(C)N. The van der Waals surface area contributed by atoms with Gasteiger partial charge in [-0.05, 0) is 37.0 Å². The minimum Gasteiger partial charge on any atom is -0.327 e. The lowest BCUT2D eigenvalue weighted by Gasteiger charge is -2.19. The first kappa shape index (κ1) is 10.6. The van der Waals surface area contributed by atoms with E-state index in [1.165, 1.54) is 5.56 Å². The lowest BCUT2D eigenvalue weighted by atomic mass is 9.91. The Morgan fingerprint density at radius 3 is 2.62 bits per heavy atom. The molecule has 0 saturated heterocycles. The van der Waals surface area contributed by atoms with Gasteiger partial charge in [-0.2, -0.15) is 0 Å². The smallest absolute Gasteiger partial charge is 0.0408 e. The molecular formula is C11H16ClN. The Balaban J connectivity index is 2.91. The molecule has 2 atom stereocenters. The summed E-state index contributed by atoms with van der Waals surface area (Å²) in [5.74, 6) is 0.415. The Morgan fingerprint density at radius 2 is 2.15 bits per heavy atom. The molecule has 1 nitrogen and oxygen atoms in total. The summed E-state index contributed by atoms with van der Waals surface area (Å²) < 4.78 is 0. The summed E-state index contributed by atoms with van der Waals surface area (Å²) in [5, 5.41) is 0.789. The van der Waals surface area contributed by atoms with Crippen molar-refractivity contribution in [2.24, 2.45) is 5.73 Å². The van der Waals surface area contributed by atoms with E-state index in [4.69, 9.17) is 17.3 Å². The van der Waals surface area contributed by atoms with Crippen LogP contribution < -0.4 is 5.73 Å². The molecule has 0 aromatic heterocycles. The number of halogens is 1. The number of rotatable bonds is 3. The van der Waals surface area contributed by atoms with E-state index in [-0.39, 0.29) is 6.04 Å². The third-order valence-electron chi connectivity index (χ3n) is 2.35. The number of hydrogen-bond donors (Lipinski definition) is 1. The Hall–Kier alpha value is -0.530. The molecule has 0 heterocycles. The van der Waals surface area contributed by atoms with Crippen LogP contribution >= 0.6 is 11.6 Å². The maximum absolute atomic E-state index is 5.91. The van der Waals surface area contributed by atoms with Crippen molar-refractivity contribution < 1.29 is 0 Å². The second kappa shape index (κ2) is 4.64. The van der Waals surface area contributed by atoms with Gasteiger partial charge in [0.1, 0.15) is 0 Å². The second-order valence-corrected chi connectivity index (χ2v) is 3.87. The molecule has 0 aliphatic carbocycles. The molecule has 13 heavy (non-hydrogen) atoms. The van der Waals surface area contributed by atoms with Crippen molar-refractivity contribution in [3.8, 4) is 0 Å². The molecule has 0 amide bonds. The van der Waals surface area contributed by atoms with E-state index in [0.29, 0.717) is 5.92 Å². The van der Waals surface area contributed by atoms with Crippen molar-refractivity contribution in [1.29, 1.82) is 0 Å². The van der Waals surface area contributed by atoms with Crippen LogP contribution in [-0.2, 0) is 0 Å². The van der Waals surface area contributed by atoms with Crippen molar-refractivity contribution in [2.45, 2.75) is 32.2 Å². The van der Waals surface area contributed by atoms with Crippen molar-refractivity contribution >= 4 is 11.6 Å². The first-order chi connectivity index (χ1) is 6.15. The molecule has 1 rings (SSSR count). The third kappa shape index (κ3) is 2.71. The molecule has 1 aromatic carbocycles. The topological polar surface area (TPSA) is 26.0 Å². The van der Waals surface area contributed by atoms with Crippen molar-refractivity contribution in [1.82, 2.24) is 0 Å². The monoisotopic (exact) mass is 197 g/mol. The van der Waals surface area contributed by atoms with Crippen LogP contribution in [0.1, 0.15) is 31.7 Å². The van der Waals surface area contributed by atoms with Crippen molar-refractivity contribution in [3.63, 3.8) is 0 Å². The number of hydrogen-bond acceptors (Lipinski definition) is 1. The molecule has 0 saturated carbocycles. The van der Waals surface area contributed by atoms with Gasteiger partial charge in [-0.15, -0.1) is 0 Å². The molecule has 0 spiro atoms. The highest BCUT2D eigenvalue weighted by Gasteiger charge is 2.13. The average Bonchev–Trinajstić information content (AvgIpc) is 2.04. The predicted octanol–water partition coefficient (Wildman–Crippen LogP) is 3.18. The highest BCUT2D eigenvalue weighted by molar-refractivity contribution is 6.30. The van der Waals surface area contributed by atoms with Gasteiger partial charge in [-0.3, -0.25) is 0 Å². The molecule has 2 unspecified atom stereocenters. The lowest BCUT2D eigenvalue weighted by molar-refractivity contribution is 0.553. The second-order valence-electron chi connectivity index (χ2n) is 3.43. The summed E-state index contributed by atoms with van der Waals surface area (Å²) in [4.78, 5) is 0. The minimum atomic E-state index is 0.184. The fourth-order valence-corrected chi connectivity index (χ4v) is 1.85. The fraction of sp³-hybridized carbons (Fsp3) is 0.455. The van der Waals surface area contributed by atoms with Gasteiger partial charge >= 0.3 is 0 Å². The van der Waals surface area contributed by atoms with Crippen LogP contribution in [0.2, 0.25) is 5.02 Å². The standard InChI is InChI=1S/C11H16ClN/c1-3-11(8(2)13)9-5-4-6-10(12)7-9/h4-8,11H,3,13H2,1-2H3. The average molecular weight is 198 g/mol. The summed E-state index contributed by atoms with van der Waals surface area (Å²) in [6.07, 6.45) is 1.05. The summed E-state index contributed by atoms with van der Waals surface area (Å²) in [5.41, 5.74) is 7.13. The van der Waals surface area contributed by atoms with Crippen molar-refractivity contribution in [2.75, 3.05) is 0 Å². The maximum Gasteiger partial charge on any atom is 0.0408 e. The van der Waals surface area contributed by atoms with E-state index in [2.05, 4.69) is 13.0 Å². The molecule has 2 heteroatoms. The maximum atomic E-state index is 5.91. The molecule has 72 valence electrons. The van der Waals surface area contributed by atoms with Crippen LogP contribution in [-0.4, -0.2) is 6.04 Å². The van der Waals surface area contributed by atoms with Gasteiger partial charge in [0, 0.05) is 11.1 Å². The normalized spacial score (nSPS) is 15.4. The summed E-state index contributed by atoms with van der Waals surface area (Å²) >= 11 is 5.91. The van der Waals surface area contributed by atoms with Gasteiger partial charge in [0.15, 0.2) is 0 Å². The van der Waals surface area contributed by atoms with E-state index in [1.807, 2.05) is 25.1 Å². The summed E-state index contributed by atoms with van der Waals surface area (Å²) in [7, 11) is 0. The van der Waals surface area contributed by atoms with Crippen LogP contribution in [0.4, 0.5) is 0 Å². The van der Waals surface area contributed by atoms with E-state index in [1.54, 1.807) is 0 Å². The van der Waals surface area contributed by atoms with Gasteiger partial charge in [0.25, 0.3) is 0 Å². The zero-order valence-electron chi connectivity index (χ0n) is 8.13. The molecule has 1 aromatic rings. The molecule has 0 radical (unpaired) electrons. The van der Waals surface area contributed by atoms with Crippen LogP contribution in [0.25, 0.3) is 0 Å². The molecule has 0 aliphatic heterocycles. The van der Waals surface area contributed by atoms with E-state index in [0.717, 1.165) is 11.4 Å². The van der Waals surface area contributed by atoms with Crippen LogP contribution in [0.3, 0.4) is 0 Å². The van der Waals surface area contributed by atoms with Crippen molar-refractivity contribution in [3.05, 3.63) is 34.9 Å². The van der Waals surface area contributed by atoms with Crippen LogP contribution in [0, 0.1) is 0 Å². The number of nitrogens with two attached hydrogens (primary N) is 1. The van der Waals surface area contributed by atoms with Gasteiger partial charge in [-0.25, -0.2) is 0 Å². The highest BCUT2D eigenvalue weighted by Crippen LogP contribution is 2.24. The van der Waals surface area contributed by atoms with Crippen LogP contribution in [0.5, 0.6) is 0 Å². The zero-order chi connectivity index (χ0) is 9.84. The number of benzene rings is 1. The molecule has 0 aliphatic rings. The van der Waals surface area contributed by atoms with Gasteiger partial charge in [-0.1, -0.05) is 30.7 Å². The largest absolute Gasteiger partial charge is 0.327 e. The molecule has 2 N–H and O–H groups in total. The summed E-state index contributed by atoms with van der Waals surface area (Å²) in [6.45, 7) is 4.18. The first-order valence-corrected chi connectivity index (χ1v) is 5.04. The molecule has 0 bridgehead atoms. The van der Waals surface area contributed by atoms with E-state index < -0.39 is 0 Å². The lowest BCUT2D eigenvalue weighted by Crippen LogP contribution is -2.24. The van der Waals surface area contributed by atoms with Gasteiger partial charge in [0.2, 0.25) is 0 Å². The van der Waals surface area contributed by atoms with Crippen LogP contribution in [0.15, 0.2) is 24.3 Å². The van der Waals surface area contributed by atoms with E-state index >= 15 is 0 Å². The van der Waals surface area contributed by atoms with Gasteiger partial charge < -0.3 is 5.73 Å². The van der Waals surface area contributed by atoms with Gasteiger partial charge in [0.05, 0.1) is 0 Å². The third-order valence-corrected chi connectivity index (χ3v) is 2.59. The molecular weight excluding hydrogens is 182 g/mol. The summed E-state index contributed by atoms with van der Waals surface area (Å²) in [6, 6.07) is 8.13. The minimum absolute atomic E-state index is 0.184. The first-order valence-electron chi connectivity index (χ1n) is 4.66. The predicted molar refractivity (Wildman–Crippen MR) is 58.1 cm³/mol. The highest BCUT2D eigenvalue weighted by atomic mass is 35.5. The van der Waals surface area contributed by atoms with E-state index in [9.17, 15) is 0 Å². The Bertz CT molecular complexity index is 271. The quantitative estimate of drug-likeness (QED) is 0.792. The Kier molecular flexibility index (Phi) is 3.76.